The van der Waals surface area contributed by atoms with Crippen LogP contribution in [0.4, 0.5) is 5.82 Å². The van der Waals surface area contributed by atoms with Gasteiger partial charge in [0.15, 0.2) is 5.69 Å². The summed E-state index contributed by atoms with van der Waals surface area (Å²) in [5, 5.41) is 11.7. The van der Waals surface area contributed by atoms with E-state index in [-0.39, 0.29) is 0 Å². The van der Waals surface area contributed by atoms with E-state index >= 15 is 0 Å². The molecule has 1 heterocycles. The third-order valence-electron chi connectivity index (χ3n) is 2.22. The molecule has 13 heavy (non-hydrogen) atoms. The van der Waals surface area contributed by atoms with Gasteiger partial charge in [-0.15, -0.1) is 0 Å². The van der Waals surface area contributed by atoms with Gasteiger partial charge in [0.05, 0.1) is 12.4 Å². The SMILES string of the molecule is N#Cc1cnc(NC2CCC2)cn1. The van der Waals surface area contributed by atoms with Crippen LogP contribution >= 0.6 is 0 Å². The molecular weight excluding hydrogens is 164 g/mol. The Kier molecular flexibility index (Phi) is 2.09. The Morgan fingerprint density at radius 3 is 2.69 bits per heavy atom. The first-order chi connectivity index (χ1) is 6.38. The first-order valence-electron chi connectivity index (χ1n) is 4.37. The molecular formula is C9H10N4. The minimum Gasteiger partial charge on any atom is -0.366 e. The number of hydrogen-bond donors (Lipinski definition) is 1. The average molecular weight is 174 g/mol. The summed E-state index contributed by atoms with van der Waals surface area (Å²) in [7, 11) is 0. The van der Waals surface area contributed by atoms with Crippen molar-refractivity contribution in [2.75, 3.05) is 5.32 Å². The largest absolute Gasteiger partial charge is 0.366 e. The number of nitrogens with zero attached hydrogens (tertiary/aromatic N) is 3. The van der Waals surface area contributed by atoms with Crippen LogP contribution < -0.4 is 5.32 Å². The highest BCUT2D eigenvalue weighted by atomic mass is 15.0. The maximum atomic E-state index is 8.49. The molecule has 0 aliphatic heterocycles. The van der Waals surface area contributed by atoms with Gasteiger partial charge in [-0.2, -0.15) is 5.26 Å². The van der Waals surface area contributed by atoms with Crippen LogP contribution in [0, 0.1) is 11.3 Å². The summed E-state index contributed by atoms with van der Waals surface area (Å²) in [5.74, 6) is 0.767. The molecule has 0 unspecified atom stereocenters. The van der Waals surface area contributed by atoms with Gasteiger partial charge in [-0.25, -0.2) is 9.97 Å². The van der Waals surface area contributed by atoms with Crippen LogP contribution in [0.1, 0.15) is 25.0 Å². The van der Waals surface area contributed by atoms with Crippen LogP contribution in [0.5, 0.6) is 0 Å². The van der Waals surface area contributed by atoms with E-state index in [1.807, 2.05) is 6.07 Å². The van der Waals surface area contributed by atoms with Crippen molar-refractivity contribution in [3.8, 4) is 6.07 Å². The average Bonchev–Trinajstić information content (AvgIpc) is 2.12. The fourth-order valence-electron chi connectivity index (χ4n) is 1.22. The monoisotopic (exact) mass is 174 g/mol. The van der Waals surface area contributed by atoms with Crippen molar-refractivity contribution in [3.05, 3.63) is 18.1 Å². The minimum atomic E-state index is 0.360. The third-order valence-corrected chi connectivity index (χ3v) is 2.22. The van der Waals surface area contributed by atoms with Crippen molar-refractivity contribution < 1.29 is 0 Å². The third kappa shape index (κ3) is 1.75. The number of aromatic nitrogens is 2. The Labute approximate surface area is 76.6 Å². The molecule has 0 atom stereocenters. The highest BCUT2D eigenvalue weighted by Crippen LogP contribution is 2.21. The first kappa shape index (κ1) is 7.99. The summed E-state index contributed by atoms with van der Waals surface area (Å²) in [6.45, 7) is 0. The highest BCUT2D eigenvalue weighted by molar-refractivity contribution is 5.34. The molecule has 0 saturated heterocycles. The van der Waals surface area contributed by atoms with Crippen molar-refractivity contribution in [2.24, 2.45) is 0 Å². The van der Waals surface area contributed by atoms with Crippen molar-refractivity contribution in [3.63, 3.8) is 0 Å². The van der Waals surface area contributed by atoms with Crippen molar-refractivity contribution in [1.82, 2.24) is 9.97 Å². The summed E-state index contributed by atoms with van der Waals surface area (Å²) in [4.78, 5) is 8.00. The number of nitrogens with one attached hydrogen (secondary N) is 1. The lowest BCUT2D eigenvalue weighted by atomic mass is 9.93. The molecule has 1 aromatic rings. The second-order valence-corrected chi connectivity index (χ2v) is 3.17. The van der Waals surface area contributed by atoms with Crippen LogP contribution in [-0.2, 0) is 0 Å². The highest BCUT2D eigenvalue weighted by Gasteiger charge is 2.17. The zero-order valence-corrected chi connectivity index (χ0v) is 7.20. The van der Waals surface area contributed by atoms with Gasteiger partial charge in [0.2, 0.25) is 0 Å². The Morgan fingerprint density at radius 2 is 2.23 bits per heavy atom. The normalized spacial score (nSPS) is 15.9. The predicted octanol–water partition coefficient (Wildman–Crippen LogP) is 1.31. The molecule has 0 spiro atoms. The van der Waals surface area contributed by atoms with E-state index in [4.69, 9.17) is 5.26 Å². The van der Waals surface area contributed by atoms with Gasteiger partial charge in [0.1, 0.15) is 11.9 Å². The predicted molar refractivity (Wildman–Crippen MR) is 48.0 cm³/mol. The molecule has 0 bridgehead atoms. The molecule has 2 rings (SSSR count). The molecule has 1 aromatic heterocycles. The van der Waals surface area contributed by atoms with Crippen molar-refractivity contribution in [1.29, 1.82) is 5.26 Å². The van der Waals surface area contributed by atoms with E-state index < -0.39 is 0 Å². The standard InChI is InChI=1S/C9H10N4/c10-4-8-5-12-9(6-11-8)13-7-2-1-3-7/h5-7H,1-3H2,(H,12,13). The lowest BCUT2D eigenvalue weighted by molar-refractivity contribution is 0.444. The van der Waals surface area contributed by atoms with Crippen LogP contribution in [0.2, 0.25) is 0 Å². The number of rotatable bonds is 2. The number of hydrogen-bond acceptors (Lipinski definition) is 4. The van der Waals surface area contributed by atoms with E-state index in [2.05, 4.69) is 15.3 Å². The summed E-state index contributed by atoms with van der Waals surface area (Å²) in [6.07, 6.45) is 6.81. The molecule has 1 fully saturated rings. The smallest absolute Gasteiger partial charge is 0.158 e. The lowest BCUT2D eigenvalue weighted by Gasteiger charge is -2.26. The van der Waals surface area contributed by atoms with Gasteiger partial charge in [0, 0.05) is 6.04 Å². The molecule has 0 aromatic carbocycles. The molecule has 1 aliphatic carbocycles. The quantitative estimate of drug-likeness (QED) is 0.734. The molecule has 0 amide bonds. The summed E-state index contributed by atoms with van der Waals surface area (Å²) in [5.41, 5.74) is 0.360. The Morgan fingerprint density at radius 1 is 1.38 bits per heavy atom. The molecule has 4 nitrogen and oxygen atoms in total. The van der Waals surface area contributed by atoms with Gasteiger partial charge >= 0.3 is 0 Å². The lowest BCUT2D eigenvalue weighted by Crippen LogP contribution is -2.27. The number of anilines is 1. The van der Waals surface area contributed by atoms with Gasteiger partial charge in [-0.3, -0.25) is 0 Å². The maximum absolute atomic E-state index is 8.49. The minimum absolute atomic E-state index is 0.360. The van der Waals surface area contributed by atoms with E-state index in [9.17, 15) is 0 Å². The molecule has 66 valence electrons. The Bertz CT molecular complexity index is 320. The van der Waals surface area contributed by atoms with E-state index in [1.54, 1.807) is 6.20 Å². The summed E-state index contributed by atoms with van der Waals surface area (Å²) in [6, 6.07) is 2.49. The fraction of sp³-hybridized carbons (Fsp3) is 0.444. The van der Waals surface area contributed by atoms with Gasteiger partial charge in [-0.05, 0) is 19.3 Å². The molecule has 1 saturated carbocycles. The van der Waals surface area contributed by atoms with E-state index in [1.165, 1.54) is 25.5 Å². The molecule has 1 N–H and O–H groups in total. The summed E-state index contributed by atoms with van der Waals surface area (Å²) < 4.78 is 0. The van der Waals surface area contributed by atoms with Crippen molar-refractivity contribution >= 4 is 5.82 Å². The second kappa shape index (κ2) is 3.40. The topological polar surface area (TPSA) is 61.6 Å². The Balaban J connectivity index is 2.01. The molecule has 1 aliphatic rings. The summed E-state index contributed by atoms with van der Waals surface area (Å²) >= 11 is 0. The van der Waals surface area contributed by atoms with Gasteiger partial charge < -0.3 is 5.32 Å². The van der Waals surface area contributed by atoms with Gasteiger partial charge in [0.25, 0.3) is 0 Å². The van der Waals surface area contributed by atoms with Gasteiger partial charge in [-0.1, -0.05) is 0 Å². The molecule has 4 heteroatoms. The second-order valence-electron chi connectivity index (χ2n) is 3.17. The molecule has 0 radical (unpaired) electrons. The van der Waals surface area contributed by atoms with Crippen molar-refractivity contribution in [2.45, 2.75) is 25.3 Å². The number of nitriles is 1. The van der Waals surface area contributed by atoms with Crippen LogP contribution in [0.25, 0.3) is 0 Å². The Hall–Kier alpha value is -1.63. The maximum Gasteiger partial charge on any atom is 0.158 e. The van der Waals surface area contributed by atoms with Crippen LogP contribution in [0.3, 0.4) is 0 Å². The zero-order chi connectivity index (χ0) is 9.10. The first-order valence-corrected chi connectivity index (χ1v) is 4.37. The van der Waals surface area contributed by atoms with Crippen LogP contribution in [-0.4, -0.2) is 16.0 Å². The zero-order valence-electron chi connectivity index (χ0n) is 7.20. The van der Waals surface area contributed by atoms with Crippen LogP contribution in [0.15, 0.2) is 12.4 Å². The fourth-order valence-corrected chi connectivity index (χ4v) is 1.22. The van der Waals surface area contributed by atoms with E-state index in [0.29, 0.717) is 11.7 Å². The van der Waals surface area contributed by atoms with E-state index in [0.717, 1.165) is 5.82 Å².